The van der Waals surface area contributed by atoms with Crippen molar-refractivity contribution in [2.24, 2.45) is 5.92 Å². The molecular formula is C25H31N3O5S. The second-order valence-electron chi connectivity index (χ2n) is 8.83. The summed E-state index contributed by atoms with van der Waals surface area (Å²) >= 11 is 0. The Labute approximate surface area is 200 Å². The maximum absolute atomic E-state index is 13.3. The zero-order valence-corrected chi connectivity index (χ0v) is 20.6. The highest BCUT2D eigenvalue weighted by molar-refractivity contribution is 7.89. The minimum absolute atomic E-state index is 0.00701. The summed E-state index contributed by atoms with van der Waals surface area (Å²) in [6.07, 6.45) is 1.52. The molecule has 2 amide bonds. The average Bonchev–Trinajstić information content (AvgIpc) is 3.15. The largest absolute Gasteiger partial charge is 0.492 e. The molecule has 4 rings (SSSR count). The van der Waals surface area contributed by atoms with Gasteiger partial charge in [0.05, 0.1) is 17.2 Å². The molecule has 0 radical (unpaired) electrons. The van der Waals surface area contributed by atoms with Crippen LogP contribution in [0.3, 0.4) is 0 Å². The standard InChI is InChI=1S/C25H31N3O5S/c1-4-33-24-8-6-5-7-22(24)26-25(30)19-11-13-27(14-12-19)34(31,32)21-9-10-23-20(16-21)15-17(2)28(23)18(3)29/h5-10,16-17,19H,4,11-15H2,1-3H3,(H,26,30)/t17-/m1/s1. The Morgan fingerprint density at radius 1 is 1.12 bits per heavy atom. The Balaban J connectivity index is 1.42. The van der Waals surface area contributed by atoms with Crippen molar-refractivity contribution in [2.45, 2.75) is 51.0 Å². The van der Waals surface area contributed by atoms with Gasteiger partial charge >= 0.3 is 0 Å². The summed E-state index contributed by atoms with van der Waals surface area (Å²) < 4.78 is 33.6. The average molecular weight is 486 g/mol. The maximum atomic E-state index is 13.3. The van der Waals surface area contributed by atoms with Crippen LogP contribution in [0.25, 0.3) is 0 Å². The minimum atomic E-state index is -3.68. The van der Waals surface area contributed by atoms with Gasteiger partial charge in [-0.3, -0.25) is 9.59 Å². The molecule has 182 valence electrons. The molecule has 1 atom stereocenters. The number of para-hydroxylation sites is 2. The van der Waals surface area contributed by atoms with Gasteiger partial charge in [0, 0.05) is 37.7 Å². The fraction of sp³-hybridized carbons (Fsp3) is 0.440. The number of nitrogens with zero attached hydrogens (tertiary/aromatic N) is 2. The van der Waals surface area contributed by atoms with Crippen LogP contribution in [0.5, 0.6) is 5.75 Å². The number of anilines is 2. The Morgan fingerprint density at radius 2 is 1.82 bits per heavy atom. The second kappa shape index (κ2) is 9.76. The van der Waals surface area contributed by atoms with E-state index in [-0.39, 0.29) is 41.8 Å². The Hall–Kier alpha value is -2.91. The minimum Gasteiger partial charge on any atom is -0.492 e. The van der Waals surface area contributed by atoms with E-state index in [0.29, 0.717) is 37.3 Å². The third kappa shape index (κ3) is 4.67. The van der Waals surface area contributed by atoms with E-state index in [9.17, 15) is 18.0 Å². The molecule has 0 bridgehead atoms. The lowest BCUT2D eigenvalue weighted by Gasteiger charge is -2.30. The molecule has 0 unspecified atom stereocenters. The fourth-order valence-electron chi connectivity index (χ4n) is 4.84. The number of hydrogen-bond acceptors (Lipinski definition) is 5. The number of sulfonamides is 1. The molecule has 2 aliphatic heterocycles. The van der Waals surface area contributed by atoms with E-state index in [4.69, 9.17) is 4.74 Å². The van der Waals surface area contributed by atoms with E-state index in [1.54, 1.807) is 35.2 Å². The lowest BCUT2D eigenvalue weighted by atomic mass is 9.97. The van der Waals surface area contributed by atoms with E-state index in [0.717, 1.165) is 11.3 Å². The zero-order chi connectivity index (χ0) is 24.5. The molecule has 2 heterocycles. The van der Waals surface area contributed by atoms with E-state index in [2.05, 4.69) is 5.32 Å². The number of ether oxygens (including phenoxy) is 1. The second-order valence-corrected chi connectivity index (χ2v) is 10.8. The normalized spacial score (nSPS) is 19.0. The van der Waals surface area contributed by atoms with Crippen LogP contribution in [0, 0.1) is 5.92 Å². The van der Waals surface area contributed by atoms with Gasteiger partial charge in [-0.15, -0.1) is 0 Å². The quantitative estimate of drug-likeness (QED) is 0.676. The van der Waals surface area contributed by atoms with Crippen molar-refractivity contribution < 1.29 is 22.7 Å². The van der Waals surface area contributed by atoms with Crippen molar-refractivity contribution >= 4 is 33.2 Å². The third-order valence-corrected chi connectivity index (χ3v) is 8.41. The number of rotatable bonds is 6. The fourth-order valence-corrected chi connectivity index (χ4v) is 6.36. The SMILES string of the molecule is CCOc1ccccc1NC(=O)C1CCN(S(=O)(=O)c2ccc3c(c2)C[C@@H](C)N3C(C)=O)CC1. The van der Waals surface area contributed by atoms with Gasteiger partial charge in [-0.05, 0) is 69.0 Å². The van der Waals surface area contributed by atoms with Gasteiger partial charge in [-0.25, -0.2) is 8.42 Å². The van der Waals surface area contributed by atoms with Crippen molar-refractivity contribution in [3.8, 4) is 5.75 Å². The molecular weight excluding hydrogens is 454 g/mol. The molecule has 0 aliphatic carbocycles. The van der Waals surface area contributed by atoms with E-state index in [1.807, 2.05) is 26.0 Å². The van der Waals surface area contributed by atoms with Gasteiger partial charge < -0.3 is 15.0 Å². The first kappa shape index (κ1) is 24.2. The number of benzene rings is 2. The molecule has 8 nitrogen and oxygen atoms in total. The molecule has 34 heavy (non-hydrogen) atoms. The van der Waals surface area contributed by atoms with Gasteiger partial charge in [0.1, 0.15) is 5.75 Å². The molecule has 1 N–H and O–H groups in total. The van der Waals surface area contributed by atoms with Crippen molar-refractivity contribution in [1.29, 1.82) is 0 Å². The number of amides is 2. The predicted octanol–water partition coefficient (Wildman–Crippen LogP) is 3.42. The van der Waals surface area contributed by atoms with Gasteiger partial charge in [0.2, 0.25) is 21.8 Å². The summed E-state index contributed by atoms with van der Waals surface area (Å²) in [6, 6.07) is 12.3. The highest BCUT2D eigenvalue weighted by atomic mass is 32.2. The van der Waals surface area contributed by atoms with Crippen LogP contribution in [0.2, 0.25) is 0 Å². The molecule has 1 fully saturated rings. The topological polar surface area (TPSA) is 96.0 Å². The molecule has 1 saturated heterocycles. The number of carbonyl (C=O) groups excluding carboxylic acids is 2. The first-order valence-electron chi connectivity index (χ1n) is 11.7. The number of nitrogens with one attached hydrogen (secondary N) is 1. The van der Waals surface area contributed by atoms with E-state index < -0.39 is 10.0 Å². The van der Waals surface area contributed by atoms with Crippen LogP contribution in [0.1, 0.15) is 39.2 Å². The van der Waals surface area contributed by atoms with Crippen LogP contribution in [-0.4, -0.2) is 50.3 Å². The summed E-state index contributed by atoms with van der Waals surface area (Å²) in [5, 5.41) is 2.93. The lowest BCUT2D eigenvalue weighted by molar-refractivity contribution is -0.121. The summed E-state index contributed by atoms with van der Waals surface area (Å²) in [4.78, 5) is 26.7. The summed E-state index contributed by atoms with van der Waals surface area (Å²) in [7, 11) is -3.68. The van der Waals surface area contributed by atoms with Crippen molar-refractivity contribution in [1.82, 2.24) is 4.31 Å². The van der Waals surface area contributed by atoms with Gasteiger partial charge in [0.15, 0.2) is 0 Å². The molecule has 0 aromatic heterocycles. The van der Waals surface area contributed by atoms with Crippen LogP contribution in [-0.2, 0) is 26.0 Å². The third-order valence-electron chi connectivity index (χ3n) is 6.51. The van der Waals surface area contributed by atoms with Gasteiger partial charge in [-0.2, -0.15) is 4.31 Å². The van der Waals surface area contributed by atoms with Crippen molar-refractivity contribution in [3.63, 3.8) is 0 Å². The number of carbonyl (C=O) groups is 2. The molecule has 0 saturated carbocycles. The first-order chi connectivity index (χ1) is 16.2. The Morgan fingerprint density at radius 3 is 2.50 bits per heavy atom. The number of fused-ring (bicyclic) bond motifs is 1. The molecule has 2 aromatic carbocycles. The zero-order valence-electron chi connectivity index (χ0n) is 19.8. The van der Waals surface area contributed by atoms with E-state index in [1.165, 1.54) is 11.2 Å². The van der Waals surface area contributed by atoms with Crippen molar-refractivity contribution in [3.05, 3.63) is 48.0 Å². The van der Waals surface area contributed by atoms with Crippen LogP contribution >= 0.6 is 0 Å². The van der Waals surface area contributed by atoms with Gasteiger partial charge in [-0.1, -0.05) is 12.1 Å². The summed E-state index contributed by atoms with van der Waals surface area (Å²) in [5.74, 6) is 0.171. The highest BCUT2D eigenvalue weighted by Crippen LogP contribution is 2.35. The lowest BCUT2D eigenvalue weighted by Crippen LogP contribution is -2.41. The molecule has 2 aromatic rings. The van der Waals surface area contributed by atoms with Crippen LogP contribution < -0.4 is 15.0 Å². The van der Waals surface area contributed by atoms with Crippen LogP contribution in [0.4, 0.5) is 11.4 Å². The van der Waals surface area contributed by atoms with Crippen LogP contribution in [0.15, 0.2) is 47.4 Å². The number of hydrogen-bond donors (Lipinski definition) is 1. The summed E-state index contributed by atoms with van der Waals surface area (Å²) in [5.41, 5.74) is 2.27. The predicted molar refractivity (Wildman–Crippen MR) is 130 cm³/mol. The Kier molecular flexibility index (Phi) is 6.95. The first-order valence-corrected chi connectivity index (χ1v) is 13.1. The maximum Gasteiger partial charge on any atom is 0.243 e. The molecule has 0 spiro atoms. The molecule has 9 heteroatoms. The summed E-state index contributed by atoms with van der Waals surface area (Å²) in [6.45, 7) is 6.42. The highest BCUT2D eigenvalue weighted by Gasteiger charge is 2.34. The molecule has 2 aliphatic rings. The number of piperidine rings is 1. The van der Waals surface area contributed by atoms with Gasteiger partial charge in [0.25, 0.3) is 0 Å². The van der Waals surface area contributed by atoms with Crippen molar-refractivity contribution in [2.75, 3.05) is 29.9 Å². The van der Waals surface area contributed by atoms with E-state index >= 15 is 0 Å². The Bertz CT molecular complexity index is 1190. The monoisotopic (exact) mass is 485 g/mol. The smallest absolute Gasteiger partial charge is 0.243 e.